The van der Waals surface area contributed by atoms with Gasteiger partial charge < -0.3 is 15.5 Å². The summed E-state index contributed by atoms with van der Waals surface area (Å²) in [5.74, 6) is 0.211. The van der Waals surface area contributed by atoms with Crippen molar-refractivity contribution in [3.63, 3.8) is 0 Å². The Hall–Kier alpha value is -1.10. The van der Waals surface area contributed by atoms with E-state index in [1.54, 1.807) is 7.05 Å². The molecule has 5 heteroatoms. The molecule has 1 atom stereocenters. The predicted molar refractivity (Wildman–Crippen MR) is 66.6 cm³/mol. The van der Waals surface area contributed by atoms with Gasteiger partial charge in [0.2, 0.25) is 11.8 Å². The van der Waals surface area contributed by atoms with Crippen molar-refractivity contribution in [3.8, 4) is 0 Å². The maximum absolute atomic E-state index is 11.7. The van der Waals surface area contributed by atoms with Crippen LogP contribution in [-0.2, 0) is 9.59 Å². The Morgan fingerprint density at radius 2 is 2.18 bits per heavy atom. The normalized spacial score (nSPS) is 20.1. The number of likely N-dealkylation sites (tertiary alicyclic amines) is 1. The van der Waals surface area contributed by atoms with Gasteiger partial charge in [-0.15, -0.1) is 0 Å². The van der Waals surface area contributed by atoms with Crippen molar-refractivity contribution in [1.29, 1.82) is 0 Å². The zero-order chi connectivity index (χ0) is 12.7. The average Bonchev–Trinajstić information content (AvgIpc) is 2.30. The summed E-state index contributed by atoms with van der Waals surface area (Å²) < 4.78 is 0. The smallest absolute Gasteiger partial charge is 0.236 e. The fraction of sp³-hybridized carbons (Fsp3) is 0.833. The van der Waals surface area contributed by atoms with Gasteiger partial charge in [0.15, 0.2) is 0 Å². The highest BCUT2D eigenvalue weighted by molar-refractivity contribution is 5.79. The summed E-state index contributed by atoms with van der Waals surface area (Å²) in [5.41, 5.74) is 0. The van der Waals surface area contributed by atoms with Crippen LogP contribution >= 0.6 is 0 Å². The molecule has 1 aliphatic rings. The van der Waals surface area contributed by atoms with Crippen LogP contribution in [0.2, 0.25) is 0 Å². The van der Waals surface area contributed by atoms with E-state index in [1.807, 2.05) is 11.8 Å². The van der Waals surface area contributed by atoms with E-state index in [0.29, 0.717) is 19.5 Å². The minimum atomic E-state index is 0.0976. The highest BCUT2D eigenvalue weighted by Gasteiger charge is 2.23. The summed E-state index contributed by atoms with van der Waals surface area (Å²) in [7, 11) is 1.77. The first-order valence-corrected chi connectivity index (χ1v) is 6.39. The lowest BCUT2D eigenvalue weighted by molar-refractivity contribution is -0.132. The fourth-order valence-electron chi connectivity index (χ4n) is 2.11. The van der Waals surface area contributed by atoms with E-state index in [1.165, 1.54) is 0 Å². The Balaban J connectivity index is 2.38. The second-order valence-corrected chi connectivity index (χ2v) is 4.53. The zero-order valence-electron chi connectivity index (χ0n) is 10.8. The molecule has 1 aliphatic heterocycles. The Bertz CT molecular complexity index is 268. The summed E-state index contributed by atoms with van der Waals surface area (Å²) in [6, 6.07) is 0.128. The molecular formula is C12H23N3O2. The van der Waals surface area contributed by atoms with Crippen molar-refractivity contribution in [3.05, 3.63) is 0 Å². The number of piperidine rings is 1. The van der Waals surface area contributed by atoms with Gasteiger partial charge in [-0.25, -0.2) is 0 Å². The van der Waals surface area contributed by atoms with E-state index in [2.05, 4.69) is 10.6 Å². The van der Waals surface area contributed by atoms with Crippen molar-refractivity contribution in [1.82, 2.24) is 15.5 Å². The lowest BCUT2D eigenvalue weighted by Crippen LogP contribution is -2.51. The van der Waals surface area contributed by atoms with Crippen molar-refractivity contribution in [2.24, 2.45) is 0 Å². The molecule has 2 N–H and O–H groups in total. The van der Waals surface area contributed by atoms with Gasteiger partial charge >= 0.3 is 0 Å². The summed E-state index contributed by atoms with van der Waals surface area (Å²) in [6.45, 7) is 3.81. The molecule has 1 rings (SSSR count). The van der Waals surface area contributed by atoms with Gasteiger partial charge in [-0.2, -0.15) is 0 Å². The molecule has 0 spiro atoms. The standard InChI is InChI=1S/C12H23N3O2/c1-3-5-11(16)14-10-6-4-7-15(9-10)12(17)8-13-2/h10,13H,3-9H2,1-2H3,(H,14,16). The number of hydrogen-bond donors (Lipinski definition) is 2. The summed E-state index contributed by atoms with van der Waals surface area (Å²) in [6.07, 6.45) is 3.37. The molecule has 17 heavy (non-hydrogen) atoms. The number of amides is 2. The van der Waals surface area contributed by atoms with Gasteiger partial charge in [-0.05, 0) is 26.3 Å². The van der Waals surface area contributed by atoms with Crippen LogP contribution in [-0.4, -0.2) is 49.4 Å². The fourth-order valence-corrected chi connectivity index (χ4v) is 2.11. The van der Waals surface area contributed by atoms with E-state index < -0.39 is 0 Å². The molecule has 0 aromatic heterocycles. The molecule has 1 unspecified atom stereocenters. The molecule has 1 fully saturated rings. The Morgan fingerprint density at radius 3 is 2.82 bits per heavy atom. The quantitative estimate of drug-likeness (QED) is 0.718. The monoisotopic (exact) mass is 241 g/mol. The molecule has 0 bridgehead atoms. The van der Waals surface area contributed by atoms with Gasteiger partial charge in [0, 0.05) is 25.6 Å². The molecule has 98 valence electrons. The van der Waals surface area contributed by atoms with Crippen molar-refractivity contribution in [2.45, 2.75) is 38.6 Å². The second-order valence-electron chi connectivity index (χ2n) is 4.53. The van der Waals surface area contributed by atoms with E-state index in [-0.39, 0.29) is 17.9 Å². The van der Waals surface area contributed by atoms with Gasteiger partial charge in [-0.1, -0.05) is 6.92 Å². The first-order chi connectivity index (χ1) is 8.17. The van der Waals surface area contributed by atoms with E-state index in [4.69, 9.17) is 0 Å². The van der Waals surface area contributed by atoms with Crippen LogP contribution in [0.5, 0.6) is 0 Å². The molecule has 0 aromatic rings. The summed E-state index contributed by atoms with van der Waals surface area (Å²) >= 11 is 0. The minimum Gasteiger partial charge on any atom is -0.352 e. The minimum absolute atomic E-state index is 0.0976. The van der Waals surface area contributed by atoms with E-state index in [9.17, 15) is 9.59 Å². The highest BCUT2D eigenvalue weighted by atomic mass is 16.2. The molecule has 0 aromatic carbocycles. The molecule has 0 aliphatic carbocycles. The number of likely N-dealkylation sites (N-methyl/N-ethyl adjacent to an activating group) is 1. The number of carbonyl (C=O) groups excluding carboxylic acids is 2. The zero-order valence-corrected chi connectivity index (χ0v) is 10.8. The van der Waals surface area contributed by atoms with Crippen LogP contribution in [0.1, 0.15) is 32.6 Å². The van der Waals surface area contributed by atoms with Crippen molar-refractivity contribution >= 4 is 11.8 Å². The summed E-state index contributed by atoms with van der Waals surface area (Å²) in [5, 5.41) is 5.86. The predicted octanol–water partition coefficient (Wildman–Crippen LogP) is 0.113. The SMILES string of the molecule is CCCC(=O)NC1CCCN(C(=O)CNC)C1. The van der Waals surface area contributed by atoms with Gasteiger partial charge in [-0.3, -0.25) is 9.59 Å². The average molecular weight is 241 g/mol. The lowest BCUT2D eigenvalue weighted by atomic mass is 10.1. The van der Waals surface area contributed by atoms with Crippen molar-refractivity contribution in [2.75, 3.05) is 26.7 Å². The van der Waals surface area contributed by atoms with Crippen LogP contribution in [0.3, 0.4) is 0 Å². The number of nitrogens with one attached hydrogen (secondary N) is 2. The Morgan fingerprint density at radius 1 is 1.41 bits per heavy atom. The first kappa shape index (κ1) is 14.0. The molecule has 1 heterocycles. The lowest BCUT2D eigenvalue weighted by Gasteiger charge is -2.33. The second kappa shape index (κ2) is 7.27. The molecule has 5 nitrogen and oxygen atoms in total. The molecule has 1 saturated heterocycles. The van der Waals surface area contributed by atoms with Crippen LogP contribution < -0.4 is 10.6 Å². The topological polar surface area (TPSA) is 61.4 Å². The van der Waals surface area contributed by atoms with Crippen LogP contribution in [0.25, 0.3) is 0 Å². The van der Waals surface area contributed by atoms with E-state index in [0.717, 1.165) is 25.8 Å². The molecule has 0 saturated carbocycles. The van der Waals surface area contributed by atoms with Gasteiger partial charge in [0.05, 0.1) is 6.54 Å². The third-order valence-corrected chi connectivity index (χ3v) is 2.94. The van der Waals surface area contributed by atoms with Gasteiger partial charge in [0.25, 0.3) is 0 Å². The number of nitrogens with zero attached hydrogens (tertiary/aromatic N) is 1. The third-order valence-electron chi connectivity index (χ3n) is 2.94. The molecule has 2 amide bonds. The van der Waals surface area contributed by atoms with E-state index >= 15 is 0 Å². The Kier molecular flexibility index (Phi) is 5.97. The van der Waals surface area contributed by atoms with Crippen LogP contribution in [0.15, 0.2) is 0 Å². The molecule has 0 radical (unpaired) electrons. The first-order valence-electron chi connectivity index (χ1n) is 6.39. The summed E-state index contributed by atoms with van der Waals surface area (Å²) in [4.78, 5) is 25.0. The number of rotatable bonds is 5. The van der Waals surface area contributed by atoms with Crippen LogP contribution in [0, 0.1) is 0 Å². The number of carbonyl (C=O) groups is 2. The Labute approximate surface area is 103 Å². The number of hydrogen-bond acceptors (Lipinski definition) is 3. The maximum Gasteiger partial charge on any atom is 0.236 e. The third kappa shape index (κ3) is 4.73. The van der Waals surface area contributed by atoms with Crippen molar-refractivity contribution < 1.29 is 9.59 Å². The van der Waals surface area contributed by atoms with Gasteiger partial charge in [0.1, 0.15) is 0 Å². The van der Waals surface area contributed by atoms with Crippen LogP contribution in [0.4, 0.5) is 0 Å². The molecular weight excluding hydrogens is 218 g/mol. The maximum atomic E-state index is 11.7. The highest BCUT2D eigenvalue weighted by Crippen LogP contribution is 2.10. The largest absolute Gasteiger partial charge is 0.352 e.